The molecule has 3 nitrogen and oxygen atoms in total. The molecule has 3 rings (SSSR count). The van der Waals surface area contributed by atoms with Crippen molar-refractivity contribution in [1.82, 2.24) is 0 Å². The molecule has 1 aliphatic rings. The third kappa shape index (κ3) is 2.11. The Hall–Kier alpha value is -2.10. The number of fused-ring (bicyclic) bond motifs is 1. The van der Waals surface area contributed by atoms with Crippen LogP contribution in [0.4, 0.5) is 10.1 Å². The van der Waals surface area contributed by atoms with Crippen molar-refractivity contribution in [3.63, 3.8) is 0 Å². The summed E-state index contributed by atoms with van der Waals surface area (Å²) in [5, 5.41) is 0. The molecule has 1 atom stereocenters. The number of aryl methyl sites for hydroxylation is 2. The van der Waals surface area contributed by atoms with Gasteiger partial charge in [0.15, 0.2) is 5.76 Å². The molecule has 0 saturated heterocycles. The first-order chi connectivity index (χ1) is 9.56. The van der Waals surface area contributed by atoms with Gasteiger partial charge >= 0.3 is 0 Å². The van der Waals surface area contributed by atoms with Crippen molar-refractivity contribution in [2.24, 2.45) is 0 Å². The highest BCUT2D eigenvalue weighted by Gasteiger charge is 2.30. The van der Waals surface area contributed by atoms with Gasteiger partial charge in [0.05, 0.1) is 0 Å². The maximum atomic E-state index is 13.3. The van der Waals surface area contributed by atoms with E-state index in [0.29, 0.717) is 11.5 Å². The van der Waals surface area contributed by atoms with Crippen molar-refractivity contribution in [2.45, 2.75) is 32.7 Å². The fraction of sp³-hybridized carbons (Fsp3) is 0.312. The molecule has 2 aromatic rings. The second-order valence-electron chi connectivity index (χ2n) is 5.25. The lowest BCUT2D eigenvalue weighted by Crippen LogP contribution is -2.42. The van der Waals surface area contributed by atoms with Crippen LogP contribution in [0.2, 0.25) is 0 Å². The third-order valence-electron chi connectivity index (χ3n) is 3.74. The zero-order chi connectivity index (χ0) is 14.3. The maximum absolute atomic E-state index is 13.3. The summed E-state index contributed by atoms with van der Waals surface area (Å²) in [6.45, 7) is 3.81. The quantitative estimate of drug-likeness (QED) is 0.793. The minimum Gasteiger partial charge on any atom is -0.456 e. The second-order valence-corrected chi connectivity index (χ2v) is 5.25. The van der Waals surface area contributed by atoms with E-state index in [9.17, 15) is 9.18 Å². The lowest BCUT2D eigenvalue weighted by Gasteiger charge is -2.34. The number of furan rings is 1. The van der Waals surface area contributed by atoms with Gasteiger partial charge in [0.1, 0.15) is 11.6 Å². The lowest BCUT2D eigenvalue weighted by molar-refractivity contribution is 0.0947. The summed E-state index contributed by atoms with van der Waals surface area (Å²) in [7, 11) is 0. The molecule has 1 aromatic heterocycles. The molecule has 4 heteroatoms. The molecule has 1 aliphatic heterocycles. The van der Waals surface area contributed by atoms with E-state index < -0.39 is 0 Å². The van der Waals surface area contributed by atoms with Crippen LogP contribution in [0.3, 0.4) is 0 Å². The van der Waals surface area contributed by atoms with Crippen molar-refractivity contribution in [1.29, 1.82) is 0 Å². The molecular weight excluding hydrogens is 257 g/mol. The van der Waals surface area contributed by atoms with Gasteiger partial charge in [-0.2, -0.15) is 0 Å². The zero-order valence-electron chi connectivity index (χ0n) is 11.5. The Balaban J connectivity index is 2.02. The largest absolute Gasteiger partial charge is 0.456 e. The summed E-state index contributed by atoms with van der Waals surface area (Å²) in [5.74, 6) is 0.599. The van der Waals surface area contributed by atoms with E-state index in [4.69, 9.17) is 4.42 Å². The number of carbonyl (C=O) groups is 1. The van der Waals surface area contributed by atoms with Gasteiger partial charge in [-0.05, 0) is 62.6 Å². The predicted molar refractivity (Wildman–Crippen MR) is 74.4 cm³/mol. The molecule has 20 heavy (non-hydrogen) atoms. The molecule has 0 spiro atoms. The Morgan fingerprint density at radius 3 is 2.85 bits per heavy atom. The van der Waals surface area contributed by atoms with E-state index in [1.807, 2.05) is 6.92 Å². The van der Waals surface area contributed by atoms with Gasteiger partial charge in [-0.3, -0.25) is 4.79 Å². The normalized spacial score (nSPS) is 17.9. The summed E-state index contributed by atoms with van der Waals surface area (Å²) in [4.78, 5) is 14.3. The van der Waals surface area contributed by atoms with Crippen molar-refractivity contribution in [3.8, 4) is 0 Å². The van der Waals surface area contributed by atoms with E-state index >= 15 is 0 Å². The van der Waals surface area contributed by atoms with Gasteiger partial charge in [0, 0.05) is 11.7 Å². The smallest absolute Gasteiger partial charge is 0.294 e. The zero-order valence-corrected chi connectivity index (χ0v) is 11.5. The van der Waals surface area contributed by atoms with E-state index in [1.54, 1.807) is 30.0 Å². The maximum Gasteiger partial charge on any atom is 0.294 e. The second kappa shape index (κ2) is 4.78. The number of anilines is 1. The van der Waals surface area contributed by atoms with Crippen LogP contribution in [-0.4, -0.2) is 11.9 Å². The van der Waals surface area contributed by atoms with Crippen molar-refractivity contribution in [3.05, 3.63) is 53.2 Å². The Morgan fingerprint density at radius 2 is 2.15 bits per heavy atom. The fourth-order valence-corrected chi connectivity index (χ4v) is 2.70. The number of amides is 1. The lowest BCUT2D eigenvalue weighted by atomic mass is 9.96. The number of hydrogen-bond donors (Lipinski definition) is 0. The summed E-state index contributed by atoms with van der Waals surface area (Å²) >= 11 is 0. The molecule has 0 saturated carbocycles. The van der Waals surface area contributed by atoms with E-state index in [0.717, 1.165) is 24.1 Å². The summed E-state index contributed by atoms with van der Waals surface area (Å²) < 4.78 is 18.7. The molecule has 0 bridgehead atoms. The van der Waals surface area contributed by atoms with Crippen LogP contribution < -0.4 is 4.90 Å². The van der Waals surface area contributed by atoms with Crippen LogP contribution in [-0.2, 0) is 6.42 Å². The van der Waals surface area contributed by atoms with E-state index in [1.165, 1.54) is 12.1 Å². The Bertz CT molecular complexity index is 662. The first kappa shape index (κ1) is 12.9. The number of halogens is 1. The van der Waals surface area contributed by atoms with Crippen LogP contribution in [0.15, 0.2) is 34.7 Å². The number of carbonyl (C=O) groups excluding carboxylic acids is 1. The van der Waals surface area contributed by atoms with Crippen molar-refractivity contribution in [2.75, 3.05) is 4.90 Å². The molecule has 104 valence electrons. The Labute approximate surface area is 117 Å². The molecular formula is C16H16FNO2. The van der Waals surface area contributed by atoms with Gasteiger partial charge < -0.3 is 9.32 Å². The topological polar surface area (TPSA) is 33.5 Å². The summed E-state index contributed by atoms with van der Waals surface area (Å²) in [6, 6.07) is 8.11. The molecule has 1 aromatic carbocycles. The molecule has 0 N–H and O–H groups in total. The van der Waals surface area contributed by atoms with Crippen LogP contribution in [0, 0.1) is 12.7 Å². The van der Waals surface area contributed by atoms with E-state index in [-0.39, 0.29) is 17.8 Å². The van der Waals surface area contributed by atoms with Crippen molar-refractivity contribution >= 4 is 11.6 Å². The van der Waals surface area contributed by atoms with Gasteiger partial charge in [-0.25, -0.2) is 4.39 Å². The number of nitrogens with zero attached hydrogens (tertiary/aromatic N) is 1. The number of benzene rings is 1. The molecule has 1 amide bonds. The summed E-state index contributed by atoms with van der Waals surface area (Å²) in [6.07, 6.45) is 1.61. The highest BCUT2D eigenvalue weighted by molar-refractivity contribution is 6.05. The minimum absolute atomic E-state index is 0.0749. The number of hydrogen-bond acceptors (Lipinski definition) is 2. The molecule has 0 fully saturated rings. The SMILES string of the molecule is Cc1ccc(C(=O)N2c3ccc(F)cc3CC[C@H]2C)o1. The van der Waals surface area contributed by atoms with E-state index in [2.05, 4.69) is 0 Å². The Kier molecular flexibility index (Phi) is 3.08. The van der Waals surface area contributed by atoms with Crippen LogP contribution in [0.25, 0.3) is 0 Å². The first-order valence-corrected chi connectivity index (χ1v) is 6.74. The van der Waals surface area contributed by atoms with Gasteiger partial charge in [-0.1, -0.05) is 0 Å². The average molecular weight is 273 g/mol. The molecule has 0 aliphatic carbocycles. The molecule has 0 radical (unpaired) electrons. The molecule has 2 heterocycles. The van der Waals surface area contributed by atoms with Gasteiger partial charge in [0.2, 0.25) is 0 Å². The summed E-state index contributed by atoms with van der Waals surface area (Å²) in [5.41, 5.74) is 1.66. The highest BCUT2D eigenvalue weighted by Crippen LogP contribution is 2.32. The monoisotopic (exact) mass is 273 g/mol. The highest BCUT2D eigenvalue weighted by atomic mass is 19.1. The fourth-order valence-electron chi connectivity index (χ4n) is 2.70. The minimum atomic E-state index is -0.264. The van der Waals surface area contributed by atoms with Gasteiger partial charge in [0.25, 0.3) is 5.91 Å². The molecule has 0 unspecified atom stereocenters. The standard InChI is InChI=1S/C16H16FNO2/c1-10-3-5-12-9-13(17)6-7-14(12)18(10)16(19)15-8-4-11(2)20-15/h4,6-10H,3,5H2,1-2H3/t10-/m1/s1. The van der Waals surface area contributed by atoms with Crippen molar-refractivity contribution < 1.29 is 13.6 Å². The Morgan fingerprint density at radius 1 is 1.35 bits per heavy atom. The van der Waals surface area contributed by atoms with Crippen LogP contribution in [0.1, 0.15) is 35.2 Å². The third-order valence-corrected chi connectivity index (χ3v) is 3.74. The van der Waals surface area contributed by atoms with Crippen LogP contribution in [0.5, 0.6) is 0 Å². The first-order valence-electron chi connectivity index (χ1n) is 6.74. The average Bonchev–Trinajstić information content (AvgIpc) is 2.85. The van der Waals surface area contributed by atoms with Crippen LogP contribution >= 0.6 is 0 Å². The van der Waals surface area contributed by atoms with Gasteiger partial charge in [-0.15, -0.1) is 0 Å². The number of rotatable bonds is 1. The predicted octanol–water partition coefficient (Wildman–Crippen LogP) is 3.71.